The molecule has 3 aromatic rings. The van der Waals surface area contributed by atoms with Crippen LogP contribution in [0, 0.1) is 5.82 Å². The molecule has 7 nitrogen and oxygen atoms in total. The number of anilines is 2. The van der Waals surface area contributed by atoms with Gasteiger partial charge in [-0.1, -0.05) is 12.1 Å². The van der Waals surface area contributed by atoms with E-state index in [1.807, 2.05) is 0 Å². The Balaban J connectivity index is 1.86. The molecule has 1 aliphatic carbocycles. The summed E-state index contributed by atoms with van der Waals surface area (Å²) in [5.74, 6) is -0.411. The molecule has 0 spiro atoms. The Morgan fingerprint density at radius 1 is 1.28 bits per heavy atom. The Bertz CT molecular complexity index is 1090. The Morgan fingerprint density at radius 3 is 2.76 bits per heavy atom. The number of halogens is 1. The average Bonchev–Trinajstić information content (AvgIpc) is 3.36. The number of rotatable bonds is 4. The predicted octanol–water partition coefficient (Wildman–Crippen LogP) is 2.26. The number of nitrogens with two attached hydrogens (primary N) is 1. The number of aromatic nitrogens is 3. The van der Waals surface area contributed by atoms with Gasteiger partial charge < -0.3 is 10.3 Å². The summed E-state index contributed by atoms with van der Waals surface area (Å²) in [6.07, 6.45) is 4.26. The molecular formula is C16H16FN5O2S. The Hall–Kier alpha value is -2.68. The molecule has 2 aromatic heterocycles. The lowest BCUT2D eigenvalue weighted by Gasteiger charge is -2.11. The van der Waals surface area contributed by atoms with Crippen LogP contribution < -0.4 is 10.5 Å². The van der Waals surface area contributed by atoms with Crippen molar-refractivity contribution in [3.63, 3.8) is 0 Å². The molecule has 0 unspecified atom stereocenters. The summed E-state index contributed by atoms with van der Waals surface area (Å²) in [7, 11) is -1.78. The first-order valence-electron chi connectivity index (χ1n) is 7.74. The van der Waals surface area contributed by atoms with Crippen LogP contribution in [0.3, 0.4) is 0 Å². The molecule has 2 heterocycles. The molecule has 130 valence electrons. The Labute approximate surface area is 143 Å². The topological polar surface area (TPSA) is 103 Å². The SMILES string of the molecule is Cn1cc(-c2cccc(NS(=O)(=O)C3CC3)c2F)c2c(N)ncnc21. The third-order valence-electron chi connectivity index (χ3n) is 4.29. The molecule has 3 N–H and O–H groups in total. The molecule has 0 amide bonds. The van der Waals surface area contributed by atoms with E-state index in [2.05, 4.69) is 14.7 Å². The van der Waals surface area contributed by atoms with Gasteiger partial charge in [0.15, 0.2) is 5.82 Å². The fourth-order valence-corrected chi connectivity index (χ4v) is 4.26. The van der Waals surface area contributed by atoms with Gasteiger partial charge in [-0.3, -0.25) is 4.72 Å². The molecule has 25 heavy (non-hydrogen) atoms. The molecule has 0 bridgehead atoms. The summed E-state index contributed by atoms with van der Waals surface area (Å²) in [5, 5.41) is 0.100. The standard InChI is InChI=1S/C16H16FN5O2S/c1-22-7-11(13-15(18)19-8-20-16(13)22)10-3-2-4-12(14(10)17)21-25(23,24)9-5-6-9/h2-4,7-9,21H,5-6H2,1H3,(H2,18,19,20). The van der Waals surface area contributed by atoms with Crippen LogP contribution >= 0.6 is 0 Å². The minimum absolute atomic E-state index is 0.0724. The number of benzene rings is 1. The summed E-state index contributed by atoms with van der Waals surface area (Å²) in [5.41, 5.74) is 7.20. The van der Waals surface area contributed by atoms with Crippen molar-refractivity contribution in [2.45, 2.75) is 18.1 Å². The zero-order valence-corrected chi connectivity index (χ0v) is 14.2. The van der Waals surface area contributed by atoms with Gasteiger partial charge in [-0.25, -0.2) is 22.8 Å². The van der Waals surface area contributed by atoms with Gasteiger partial charge in [0, 0.05) is 24.4 Å². The lowest BCUT2D eigenvalue weighted by molar-refractivity contribution is 0.597. The van der Waals surface area contributed by atoms with Crippen molar-refractivity contribution < 1.29 is 12.8 Å². The molecule has 0 radical (unpaired) electrons. The van der Waals surface area contributed by atoms with Crippen molar-refractivity contribution in [1.29, 1.82) is 0 Å². The molecule has 4 rings (SSSR count). The Morgan fingerprint density at radius 2 is 2.04 bits per heavy atom. The minimum atomic E-state index is -3.55. The van der Waals surface area contributed by atoms with Crippen molar-refractivity contribution in [2.24, 2.45) is 7.05 Å². The molecule has 0 aliphatic heterocycles. The lowest BCUT2D eigenvalue weighted by Crippen LogP contribution is -2.18. The van der Waals surface area contributed by atoms with Crippen LogP contribution in [0.4, 0.5) is 15.9 Å². The summed E-state index contributed by atoms with van der Waals surface area (Å²) >= 11 is 0. The zero-order valence-electron chi connectivity index (χ0n) is 13.4. The van der Waals surface area contributed by atoms with Gasteiger partial charge in [-0.15, -0.1) is 0 Å². The minimum Gasteiger partial charge on any atom is -0.383 e. The van der Waals surface area contributed by atoms with Crippen LogP contribution in [-0.2, 0) is 17.1 Å². The zero-order chi connectivity index (χ0) is 17.8. The summed E-state index contributed by atoms with van der Waals surface area (Å²) in [6, 6.07) is 4.58. The summed E-state index contributed by atoms with van der Waals surface area (Å²) < 4.78 is 43.3. The Kier molecular flexibility index (Phi) is 3.43. The monoisotopic (exact) mass is 361 g/mol. The maximum Gasteiger partial charge on any atom is 0.235 e. The molecule has 1 aromatic carbocycles. The van der Waals surface area contributed by atoms with Crippen molar-refractivity contribution in [3.05, 3.63) is 36.5 Å². The summed E-state index contributed by atoms with van der Waals surface area (Å²) in [4.78, 5) is 8.14. The highest BCUT2D eigenvalue weighted by Crippen LogP contribution is 2.37. The van der Waals surface area contributed by atoms with Gasteiger partial charge in [-0.05, 0) is 18.9 Å². The normalized spacial score (nSPS) is 14.8. The number of nitrogens with one attached hydrogen (secondary N) is 1. The first-order valence-corrected chi connectivity index (χ1v) is 9.29. The van der Waals surface area contributed by atoms with Crippen LogP contribution in [0.2, 0.25) is 0 Å². The van der Waals surface area contributed by atoms with E-state index in [0.29, 0.717) is 29.4 Å². The van der Waals surface area contributed by atoms with Crippen LogP contribution in [0.1, 0.15) is 12.8 Å². The number of nitrogens with zero attached hydrogens (tertiary/aromatic N) is 3. The van der Waals surface area contributed by atoms with Gasteiger partial charge in [0.2, 0.25) is 10.0 Å². The predicted molar refractivity (Wildman–Crippen MR) is 93.9 cm³/mol. The lowest BCUT2D eigenvalue weighted by atomic mass is 10.0. The largest absolute Gasteiger partial charge is 0.383 e. The number of hydrogen-bond donors (Lipinski definition) is 2. The van der Waals surface area contributed by atoms with E-state index in [1.54, 1.807) is 29.9 Å². The number of hydrogen-bond acceptors (Lipinski definition) is 5. The van der Waals surface area contributed by atoms with Crippen molar-refractivity contribution in [1.82, 2.24) is 14.5 Å². The van der Waals surface area contributed by atoms with Crippen molar-refractivity contribution in [2.75, 3.05) is 10.5 Å². The second-order valence-corrected chi connectivity index (χ2v) is 8.09. The van der Waals surface area contributed by atoms with Crippen LogP contribution in [0.15, 0.2) is 30.7 Å². The molecular weight excluding hydrogens is 345 g/mol. The molecule has 1 saturated carbocycles. The summed E-state index contributed by atoms with van der Waals surface area (Å²) in [6.45, 7) is 0. The second-order valence-electron chi connectivity index (χ2n) is 6.12. The maximum absolute atomic E-state index is 15.0. The highest BCUT2D eigenvalue weighted by molar-refractivity contribution is 7.93. The molecule has 0 atom stereocenters. The molecule has 1 fully saturated rings. The quantitative estimate of drug-likeness (QED) is 0.742. The van der Waals surface area contributed by atoms with E-state index >= 15 is 4.39 Å². The van der Waals surface area contributed by atoms with E-state index in [0.717, 1.165) is 0 Å². The third kappa shape index (κ3) is 2.60. The number of nitrogen functional groups attached to an aromatic ring is 1. The van der Waals surface area contributed by atoms with Crippen LogP contribution in [0.5, 0.6) is 0 Å². The van der Waals surface area contributed by atoms with Gasteiger partial charge >= 0.3 is 0 Å². The molecule has 1 aliphatic rings. The van der Waals surface area contributed by atoms with Gasteiger partial charge in [-0.2, -0.15) is 0 Å². The van der Waals surface area contributed by atoms with Gasteiger partial charge in [0.25, 0.3) is 0 Å². The smallest absolute Gasteiger partial charge is 0.235 e. The van der Waals surface area contributed by atoms with E-state index in [9.17, 15) is 8.42 Å². The van der Waals surface area contributed by atoms with Crippen molar-refractivity contribution in [3.8, 4) is 11.1 Å². The van der Waals surface area contributed by atoms with Gasteiger partial charge in [0.05, 0.1) is 16.3 Å². The maximum atomic E-state index is 15.0. The highest BCUT2D eigenvalue weighted by Gasteiger charge is 2.36. The van der Waals surface area contributed by atoms with E-state index in [4.69, 9.17) is 5.73 Å². The molecule has 9 heteroatoms. The first-order chi connectivity index (χ1) is 11.9. The highest BCUT2D eigenvalue weighted by atomic mass is 32.2. The first kappa shape index (κ1) is 15.8. The van der Waals surface area contributed by atoms with Crippen LogP contribution in [-0.4, -0.2) is 28.2 Å². The number of aryl methyl sites for hydroxylation is 1. The third-order valence-corrected chi connectivity index (χ3v) is 6.14. The van der Waals surface area contributed by atoms with E-state index in [-0.39, 0.29) is 17.1 Å². The number of sulfonamides is 1. The van der Waals surface area contributed by atoms with E-state index < -0.39 is 21.1 Å². The second kappa shape index (κ2) is 5.41. The average molecular weight is 361 g/mol. The molecule has 0 saturated heterocycles. The fraction of sp³-hybridized carbons (Fsp3) is 0.250. The van der Waals surface area contributed by atoms with Crippen LogP contribution in [0.25, 0.3) is 22.2 Å². The van der Waals surface area contributed by atoms with E-state index in [1.165, 1.54) is 12.4 Å². The number of fused-ring (bicyclic) bond motifs is 1. The van der Waals surface area contributed by atoms with Gasteiger partial charge in [0.1, 0.15) is 17.8 Å². The fourth-order valence-electron chi connectivity index (χ4n) is 2.87. The van der Waals surface area contributed by atoms with Crippen molar-refractivity contribution >= 4 is 32.6 Å².